The largest absolute Gasteiger partial charge is 0.507 e. The number of hydrogen-bond donors (Lipinski definition) is 1. The lowest BCUT2D eigenvalue weighted by molar-refractivity contribution is -0.134. The van der Waals surface area contributed by atoms with Crippen molar-refractivity contribution in [2.24, 2.45) is 0 Å². The van der Waals surface area contributed by atoms with E-state index in [2.05, 4.69) is 59.2 Å². The molecular formula is C32H28O3. The highest BCUT2D eigenvalue weighted by molar-refractivity contribution is 5.74. The van der Waals surface area contributed by atoms with Crippen molar-refractivity contribution in [3.63, 3.8) is 0 Å². The first-order valence-corrected chi connectivity index (χ1v) is 11.3. The topological polar surface area (TPSA) is 46.5 Å². The number of benzene rings is 2. The van der Waals surface area contributed by atoms with Gasteiger partial charge in [0.2, 0.25) is 0 Å². The zero-order chi connectivity index (χ0) is 25.8. The molecule has 2 rings (SSSR count). The van der Waals surface area contributed by atoms with Crippen molar-refractivity contribution in [1.82, 2.24) is 0 Å². The van der Waals surface area contributed by atoms with Gasteiger partial charge in [0, 0.05) is 17.5 Å². The first kappa shape index (κ1) is 26.8. The number of carbonyl (C=O) groups excluding carboxylic acids is 1. The molecule has 2 aromatic rings. The normalized spacial score (nSPS) is 9.77. The Labute approximate surface area is 209 Å². The Morgan fingerprint density at radius 1 is 0.829 bits per heavy atom. The summed E-state index contributed by atoms with van der Waals surface area (Å²) in [6, 6.07) is 7.71. The van der Waals surface area contributed by atoms with E-state index >= 15 is 0 Å². The van der Waals surface area contributed by atoms with Gasteiger partial charge in [-0.05, 0) is 99.5 Å². The zero-order valence-electron chi connectivity index (χ0n) is 21.1. The molecule has 1 atom stereocenters. The molecule has 3 heteroatoms. The van der Waals surface area contributed by atoms with Gasteiger partial charge in [-0.25, -0.2) is 0 Å². The summed E-state index contributed by atoms with van der Waals surface area (Å²) in [7, 11) is 0. The first-order chi connectivity index (χ1) is 16.8. The van der Waals surface area contributed by atoms with Crippen LogP contribution >= 0.6 is 0 Å². The summed E-state index contributed by atoms with van der Waals surface area (Å²) in [5.74, 6) is 26.8. The molecule has 1 N–H and O–H groups in total. The van der Waals surface area contributed by atoms with Crippen LogP contribution < -0.4 is 4.74 Å². The average Bonchev–Trinajstić information content (AvgIpc) is 2.80. The monoisotopic (exact) mass is 460 g/mol. The molecule has 0 radical (unpaired) electrons. The number of rotatable bonds is 5. The molecule has 2 aromatic carbocycles. The molecule has 0 fully saturated rings. The van der Waals surface area contributed by atoms with E-state index in [1.165, 1.54) is 0 Å². The van der Waals surface area contributed by atoms with E-state index in [1.54, 1.807) is 6.92 Å². The van der Waals surface area contributed by atoms with Crippen LogP contribution in [-0.2, 0) is 4.79 Å². The Bertz CT molecular complexity index is 1430. The number of aromatic hydroxyl groups is 1. The maximum Gasteiger partial charge on any atom is 0.311 e. The molecule has 0 aliphatic heterocycles. The SMILES string of the molecule is CC#CC#CC#CC#CC#CC(c1cc(C)cc(C)c1O)c1cc(C)cc(C)c1OC(=O)CCC. The highest BCUT2D eigenvalue weighted by Crippen LogP contribution is 2.40. The standard InChI is InChI=1S/C32H28O3/c1-7-9-10-11-12-13-14-15-16-18-27(28-21-23(3)19-25(5)31(28)34)29-22-24(4)20-26(6)32(29)35-30(33)17-8-2/h19-22,27,34H,8,17H2,1-6H3. The van der Waals surface area contributed by atoms with Crippen LogP contribution in [0.3, 0.4) is 0 Å². The highest BCUT2D eigenvalue weighted by atomic mass is 16.5. The molecule has 0 saturated heterocycles. The summed E-state index contributed by atoms with van der Waals surface area (Å²) in [5.41, 5.74) is 4.88. The molecule has 0 aliphatic rings. The Kier molecular flexibility index (Phi) is 10.1. The molecule has 0 saturated carbocycles. The van der Waals surface area contributed by atoms with Crippen LogP contribution in [-0.4, -0.2) is 11.1 Å². The van der Waals surface area contributed by atoms with Gasteiger partial charge in [-0.3, -0.25) is 4.79 Å². The van der Waals surface area contributed by atoms with Crippen LogP contribution in [0, 0.1) is 86.9 Å². The molecular weight excluding hydrogens is 432 g/mol. The second kappa shape index (κ2) is 13.3. The molecule has 3 nitrogen and oxygen atoms in total. The fourth-order valence-electron chi connectivity index (χ4n) is 3.60. The molecule has 0 aliphatic carbocycles. The Morgan fingerprint density at radius 3 is 1.97 bits per heavy atom. The molecule has 0 aromatic heterocycles. The zero-order valence-corrected chi connectivity index (χ0v) is 21.1. The summed E-state index contributed by atoms with van der Waals surface area (Å²) in [5, 5.41) is 10.9. The van der Waals surface area contributed by atoms with E-state index in [-0.39, 0.29) is 11.7 Å². The van der Waals surface area contributed by atoms with Crippen molar-refractivity contribution in [3.8, 4) is 70.7 Å². The van der Waals surface area contributed by atoms with Crippen LogP contribution in [0.1, 0.15) is 66.0 Å². The molecule has 1 unspecified atom stereocenters. The molecule has 35 heavy (non-hydrogen) atoms. The van der Waals surface area contributed by atoms with Gasteiger partial charge in [0.25, 0.3) is 0 Å². The number of carbonyl (C=O) groups is 1. The Balaban J connectivity index is 2.67. The molecule has 0 spiro atoms. The number of aryl methyl sites for hydroxylation is 4. The highest BCUT2D eigenvalue weighted by Gasteiger charge is 2.24. The second-order valence-electron chi connectivity index (χ2n) is 8.07. The molecule has 0 amide bonds. The number of phenols is 1. The molecule has 0 heterocycles. The van der Waals surface area contributed by atoms with Gasteiger partial charge in [-0.2, -0.15) is 0 Å². The lowest BCUT2D eigenvalue weighted by Gasteiger charge is -2.21. The lowest BCUT2D eigenvalue weighted by atomic mass is 9.86. The minimum atomic E-state index is -0.571. The van der Waals surface area contributed by atoms with Gasteiger partial charge in [0.05, 0.1) is 5.92 Å². The number of esters is 1. The smallest absolute Gasteiger partial charge is 0.311 e. The van der Waals surface area contributed by atoms with E-state index in [0.29, 0.717) is 29.7 Å². The van der Waals surface area contributed by atoms with Crippen LogP contribution in [0.2, 0.25) is 0 Å². The van der Waals surface area contributed by atoms with Crippen LogP contribution in [0.15, 0.2) is 24.3 Å². The van der Waals surface area contributed by atoms with Crippen molar-refractivity contribution in [1.29, 1.82) is 0 Å². The van der Waals surface area contributed by atoms with E-state index < -0.39 is 5.92 Å². The Morgan fingerprint density at radius 2 is 1.37 bits per heavy atom. The van der Waals surface area contributed by atoms with Crippen LogP contribution in [0.4, 0.5) is 0 Å². The van der Waals surface area contributed by atoms with Gasteiger partial charge >= 0.3 is 5.97 Å². The number of ether oxygens (including phenoxy) is 1. The maximum atomic E-state index is 12.4. The predicted octanol–water partition coefficient (Wildman–Crippen LogP) is 5.50. The molecule has 174 valence electrons. The van der Waals surface area contributed by atoms with Gasteiger partial charge in [0.1, 0.15) is 11.5 Å². The van der Waals surface area contributed by atoms with E-state index in [9.17, 15) is 9.90 Å². The second-order valence-corrected chi connectivity index (χ2v) is 8.07. The van der Waals surface area contributed by atoms with Gasteiger partial charge in [0.15, 0.2) is 0 Å². The van der Waals surface area contributed by atoms with Gasteiger partial charge in [-0.1, -0.05) is 54.2 Å². The third-order valence-electron chi connectivity index (χ3n) is 4.99. The van der Waals surface area contributed by atoms with Crippen molar-refractivity contribution < 1.29 is 14.6 Å². The van der Waals surface area contributed by atoms with Crippen LogP contribution in [0.5, 0.6) is 11.5 Å². The van der Waals surface area contributed by atoms with E-state index in [0.717, 1.165) is 22.3 Å². The quantitative estimate of drug-likeness (QED) is 0.364. The fourth-order valence-corrected chi connectivity index (χ4v) is 3.60. The van der Waals surface area contributed by atoms with Gasteiger partial charge < -0.3 is 9.84 Å². The predicted molar refractivity (Wildman–Crippen MR) is 140 cm³/mol. The van der Waals surface area contributed by atoms with Crippen molar-refractivity contribution in [2.75, 3.05) is 0 Å². The van der Waals surface area contributed by atoms with Crippen molar-refractivity contribution >= 4 is 5.97 Å². The minimum absolute atomic E-state index is 0.153. The van der Waals surface area contributed by atoms with Crippen LogP contribution in [0.25, 0.3) is 0 Å². The summed E-state index contributed by atoms with van der Waals surface area (Å²) >= 11 is 0. The summed E-state index contributed by atoms with van der Waals surface area (Å²) in [4.78, 5) is 12.4. The third kappa shape index (κ3) is 7.80. The van der Waals surface area contributed by atoms with Crippen molar-refractivity contribution in [3.05, 3.63) is 57.6 Å². The van der Waals surface area contributed by atoms with Crippen molar-refractivity contribution in [2.45, 2.75) is 60.3 Å². The fraction of sp³-hybridized carbons (Fsp3) is 0.281. The average molecular weight is 461 g/mol. The Hall–Kier alpha value is -4.49. The third-order valence-corrected chi connectivity index (χ3v) is 4.99. The minimum Gasteiger partial charge on any atom is -0.507 e. The number of hydrogen-bond acceptors (Lipinski definition) is 3. The summed E-state index contributed by atoms with van der Waals surface area (Å²) in [6.07, 6.45) is 1.00. The summed E-state index contributed by atoms with van der Waals surface area (Å²) < 4.78 is 5.79. The number of phenolic OH excluding ortho intramolecular Hbond substituents is 1. The van der Waals surface area contributed by atoms with E-state index in [4.69, 9.17) is 4.74 Å². The van der Waals surface area contributed by atoms with Gasteiger partial charge in [-0.15, -0.1) is 0 Å². The van der Waals surface area contributed by atoms with E-state index in [1.807, 2.05) is 58.9 Å². The maximum absolute atomic E-state index is 12.4. The summed E-state index contributed by atoms with van der Waals surface area (Å²) in [6.45, 7) is 11.3. The first-order valence-electron chi connectivity index (χ1n) is 11.3. The molecule has 0 bridgehead atoms. The lowest BCUT2D eigenvalue weighted by Crippen LogP contribution is -2.12.